The number of hydrogen-bond donors (Lipinski definition) is 2. The van der Waals surface area contributed by atoms with E-state index in [0.29, 0.717) is 13.1 Å². The topological polar surface area (TPSA) is 45.1 Å². The summed E-state index contributed by atoms with van der Waals surface area (Å²) >= 11 is 3.37. The highest BCUT2D eigenvalue weighted by molar-refractivity contribution is 7.20. The van der Waals surface area contributed by atoms with Gasteiger partial charge in [-0.3, -0.25) is 0 Å². The largest absolute Gasteiger partial charge is 0.392 e. The molecule has 2 N–H and O–H groups in total. The van der Waals surface area contributed by atoms with E-state index in [1.54, 1.807) is 29.6 Å². The molecule has 0 aliphatic carbocycles. The van der Waals surface area contributed by atoms with Crippen LogP contribution in [0.5, 0.6) is 0 Å². The first-order valence-electron chi connectivity index (χ1n) is 5.13. The Morgan fingerprint density at radius 3 is 3.06 bits per heavy atom. The minimum Gasteiger partial charge on any atom is -0.392 e. The third kappa shape index (κ3) is 3.12. The van der Waals surface area contributed by atoms with Crippen LogP contribution in [0.1, 0.15) is 12.6 Å². The summed E-state index contributed by atoms with van der Waals surface area (Å²) < 4.78 is 0. The molecule has 2 rings (SSSR count). The van der Waals surface area contributed by atoms with Gasteiger partial charge in [0.2, 0.25) is 0 Å². The fraction of sp³-hybridized carbons (Fsp3) is 0.364. The first-order chi connectivity index (χ1) is 7.75. The van der Waals surface area contributed by atoms with Crippen molar-refractivity contribution < 1.29 is 5.11 Å². The summed E-state index contributed by atoms with van der Waals surface area (Å²) in [6.45, 7) is 3.09. The number of hydrogen-bond acceptors (Lipinski definition) is 5. The number of aliphatic hydroxyl groups is 1. The highest BCUT2D eigenvalue weighted by Gasteiger charge is 2.05. The maximum absolute atomic E-state index is 9.11. The van der Waals surface area contributed by atoms with Gasteiger partial charge in [-0.1, -0.05) is 6.07 Å². The van der Waals surface area contributed by atoms with Gasteiger partial charge in [-0.15, -0.1) is 22.7 Å². The van der Waals surface area contributed by atoms with Crippen LogP contribution in [0, 0.1) is 0 Å². The Balaban J connectivity index is 1.93. The number of aliphatic hydroxyl groups excluding tert-OH is 1. The highest BCUT2D eigenvalue weighted by Crippen LogP contribution is 2.27. The standard InChI is InChI=1S/C11H14N2OS2/c1-8(14)5-12-6-9-7-16-11(13-9)10-3-2-4-15-10/h2-4,7-8,12,14H,5-6H2,1H3/t8-/m1/s1. The molecule has 0 unspecified atom stereocenters. The number of nitrogens with zero attached hydrogens (tertiary/aromatic N) is 1. The quantitative estimate of drug-likeness (QED) is 0.861. The fourth-order valence-corrected chi connectivity index (χ4v) is 2.94. The second kappa shape index (κ2) is 5.54. The van der Waals surface area contributed by atoms with Gasteiger partial charge < -0.3 is 10.4 Å². The van der Waals surface area contributed by atoms with E-state index in [1.165, 1.54) is 4.88 Å². The Labute approximate surface area is 103 Å². The van der Waals surface area contributed by atoms with Gasteiger partial charge >= 0.3 is 0 Å². The van der Waals surface area contributed by atoms with Crippen molar-refractivity contribution in [3.63, 3.8) is 0 Å². The average Bonchev–Trinajstić information content (AvgIpc) is 2.85. The van der Waals surface area contributed by atoms with Gasteiger partial charge in [0.05, 0.1) is 16.7 Å². The van der Waals surface area contributed by atoms with Gasteiger partial charge in [0.25, 0.3) is 0 Å². The van der Waals surface area contributed by atoms with E-state index in [-0.39, 0.29) is 6.10 Å². The van der Waals surface area contributed by atoms with Crippen molar-refractivity contribution in [2.75, 3.05) is 6.54 Å². The van der Waals surface area contributed by atoms with E-state index >= 15 is 0 Å². The molecule has 0 saturated carbocycles. The lowest BCUT2D eigenvalue weighted by Gasteiger charge is -2.04. The number of aromatic nitrogens is 1. The lowest BCUT2D eigenvalue weighted by Crippen LogP contribution is -2.23. The molecule has 0 fully saturated rings. The summed E-state index contributed by atoms with van der Waals surface area (Å²) in [5.41, 5.74) is 1.04. The Hall–Kier alpha value is -0.750. The van der Waals surface area contributed by atoms with Gasteiger partial charge in [-0.05, 0) is 18.4 Å². The second-order valence-corrected chi connectivity index (χ2v) is 5.41. The Bertz CT molecular complexity index is 423. The van der Waals surface area contributed by atoms with Crippen LogP contribution in [0.25, 0.3) is 9.88 Å². The number of thiophene rings is 1. The molecule has 1 atom stereocenters. The maximum Gasteiger partial charge on any atom is 0.133 e. The molecule has 0 aromatic carbocycles. The van der Waals surface area contributed by atoms with Crippen molar-refractivity contribution in [3.8, 4) is 9.88 Å². The van der Waals surface area contributed by atoms with Gasteiger partial charge in [-0.25, -0.2) is 4.98 Å². The monoisotopic (exact) mass is 254 g/mol. The Morgan fingerprint density at radius 1 is 1.50 bits per heavy atom. The lowest BCUT2D eigenvalue weighted by molar-refractivity contribution is 0.191. The van der Waals surface area contributed by atoms with Crippen molar-refractivity contribution >= 4 is 22.7 Å². The molecular formula is C11H14N2OS2. The van der Waals surface area contributed by atoms with E-state index in [0.717, 1.165) is 10.7 Å². The SMILES string of the molecule is C[C@@H](O)CNCc1csc(-c2cccs2)n1. The predicted octanol–water partition coefficient (Wildman–Crippen LogP) is 2.34. The van der Waals surface area contributed by atoms with E-state index in [2.05, 4.69) is 27.1 Å². The summed E-state index contributed by atoms with van der Waals surface area (Å²) in [7, 11) is 0. The van der Waals surface area contributed by atoms with Crippen molar-refractivity contribution in [1.29, 1.82) is 0 Å². The number of thiazole rings is 1. The molecular weight excluding hydrogens is 240 g/mol. The molecule has 0 saturated heterocycles. The van der Waals surface area contributed by atoms with Crippen LogP contribution in [-0.4, -0.2) is 22.7 Å². The molecule has 86 valence electrons. The lowest BCUT2D eigenvalue weighted by atomic mass is 10.4. The minimum absolute atomic E-state index is 0.310. The fourth-order valence-electron chi connectivity index (χ4n) is 1.31. The zero-order valence-electron chi connectivity index (χ0n) is 9.01. The summed E-state index contributed by atoms with van der Waals surface area (Å²) in [6.07, 6.45) is -0.310. The Morgan fingerprint density at radius 2 is 2.38 bits per heavy atom. The summed E-state index contributed by atoms with van der Waals surface area (Å²) in [6, 6.07) is 4.11. The number of nitrogens with one attached hydrogen (secondary N) is 1. The smallest absolute Gasteiger partial charge is 0.133 e. The molecule has 16 heavy (non-hydrogen) atoms. The van der Waals surface area contributed by atoms with Gasteiger partial charge in [0.1, 0.15) is 5.01 Å². The molecule has 3 nitrogen and oxygen atoms in total. The van der Waals surface area contributed by atoms with Crippen molar-refractivity contribution in [1.82, 2.24) is 10.3 Å². The zero-order valence-corrected chi connectivity index (χ0v) is 10.6. The Kier molecular flexibility index (Phi) is 4.06. The predicted molar refractivity (Wildman–Crippen MR) is 68.8 cm³/mol. The molecule has 0 aliphatic heterocycles. The van der Waals surface area contributed by atoms with E-state index in [4.69, 9.17) is 5.11 Å². The molecule has 0 aliphatic rings. The second-order valence-electron chi connectivity index (χ2n) is 3.60. The van der Waals surface area contributed by atoms with Crippen molar-refractivity contribution in [2.24, 2.45) is 0 Å². The van der Waals surface area contributed by atoms with E-state index in [1.807, 2.05) is 6.07 Å². The third-order valence-corrected chi connectivity index (χ3v) is 3.96. The van der Waals surface area contributed by atoms with Crippen LogP contribution in [-0.2, 0) is 6.54 Å². The van der Waals surface area contributed by atoms with Crippen molar-refractivity contribution in [3.05, 3.63) is 28.6 Å². The van der Waals surface area contributed by atoms with Crippen molar-refractivity contribution in [2.45, 2.75) is 19.6 Å². The number of rotatable bonds is 5. The molecule has 0 spiro atoms. The molecule has 0 radical (unpaired) electrons. The van der Waals surface area contributed by atoms with Crippen LogP contribution < -0.4 is 5.32 Å². The van der Waals surface area contributed by atoms with Crippen LogP contribution in [0.15, 0.2) is 22.9 Å². The molecule has 0 amide bonds. The first kappa shape index (κ1) is 11.7. The maximum atomic E-state index is 9.11. The highest BCUT2D eigenvalue weighted by atomic mass is 32.1. The summed E-state index contributed by atoms with van der Waals surface area (Å²) in [5, 5.41) is 17.5. The first-order valence-corrected chi connectivity index (χ1v) is 6.88. The molecule has 2 heterocycles. The van der Waals surface area contributed by atoms with Gasteiger partial charge in [0.15, 0.2) is 0 Å². The molecule has 2 aromatic heterocycles. The molecule has 2 aromatic rings. The third-order valence-electron chi connectivity index (χ3n) is 2.03. The van der Waals surface area contributed by atoms with E-state index in [9.17, 15) is 0 Å². The van der Waals surface area contributed by atoms with Crippen LogP contribution in [0.3, 0.4) is 0 Å². The van der Waals surface area contributed by atoms with Crippen LogP contribution >= 0.6 is 22.7 Å². The van der Waals surface area contributed by atoms with E-state index < -0.39 is 0 Å². The van der Waals surface area contributed by atoms with Crippen LogP contribution in [0.4, 0.5) is 0 Å². The van der Waals surface area contributed by atoms with Gasteiger partial charge in [0, 0.05) is 18.5 Å². The molecule has 5 heteroatoms. The summed E-state index contributed by atoms with van der Waals surface area (Å²) in [5.74, 6) is 0. The minimum atomic E-state index is -0.310. The van der Waals surface area contributed by atoms with Crippen LogP contribution in [0.2, 0.25) is 0 Å². The normalized spacial score (nSPS) is 12.9. The molecule has 0 bridgehead atoms. The summed E-state index contributed by atoms with van der Waals surface area (Å²) in [4.78, 5) is 5.75. The average molecular weight is 254 g/mol. The zero-order chi connectivity index (χ0) is 11.4. The van der Waals surface area contributed by atoms with Gasteiger partial charge in [-0.2, -0.15) is 0 Å².